The number of pyridine rings is 1. The Hall–Kier alpha value is -1.64. The molecular weight excluding hydrogens is 178 g/mol. The first-order valence-corrected chi connectivity index (χ1v) is 4.33. The Morgan fingerprint density at radius 1 is 1.57 bits per heavy atom. The van der Waals surface area contributed by atoms with E-state index in [1.165, 1.54) is 13.0 Å². The van der Waals surface area contributed by atoms with E-state index in [9.17, 15) is 4.79 Å². The molecular formula is C11H13NO2. The zero-order valence-corrected chi connectivity index (χ0v) is 8.57. The molecule has 0 atom stereocenters. The van der Waals surface area contributed by atoms with Crippen molar-refractivity contribution in [3.63, 3.8) is 0 Å². The summed E-state index contributed by atoms with van der Waals surface area (Å²) in [6.45, 7) is 3.43. The predicted molar refractivity (Wildman–Crippen MR) is 55.2 cm³/mol. The number of hydrogen-bond acceptors (Lipinski definition) is 3. The fourth-order valence-electron chi connectivity index (χ4n) is 1.10. The lowest BCUT2D eigenvalue weighted by Crippen LogP contribution is -1.91. The standard InChI is InChI=1S/C11H13NO2/c1-8-6-10(5-4-9(2)13)7-12-11(8)14-3/h4-7H,1-3H3/b5-4+. The highest BCUT2D eigenvalue weighted by Crippen LogP contribution is 2.15. The van der Waals surface area contributed by atoms with Crippen LogP contribution in [-0.2, 0) is 4.79 Å². The first-order valence-electron chi connectivity index (χ1n) is 4.33. The molecule has 1 aromatic rings. The Morgan fingerprint density at radius 2 is 2.29 bits per heavy atom. The molecule has 0 amide bonds. The Balaban J connectivity index is 2.91. The fraction of sp³-hybridized carbons (Fsp3) is 0.273. The van der Waals surface area contributed by atoms with Crippen LogP contribution in [0.25, 0.3) is 6.08 Å². The number of hydrogen-bond donors (Lipinski definition) is 0. The van der Waals surface area contributed by atoms with Gasteiger partial charge in [-0.3, -0.25) is 4.79 Å². The molecule has 0 N–H and O–H groups in total. The van der Waals surface area contributed by atoms with Gasteiger partial charge in [-0.25, -0.2) is 4.98 Å². The van der Waals surface area contributed by atoms with Crippen LogP contribution in [-0.4, -0.2) is 17.9 Å². The molecule has 1 rings (SSSR count). The molecule has 0 aromatic carbocycles. The molecule has 14 heavy (non-hydrogen) atoms. The van der Waals surface area contributed by atoms with Crippen molar-refractivity contribution in [1.82, 2.24) is 4.98 Å². The number of ether oxygens (including phenoxy) is 1. The maximum absolute atomic E-state index is 10.7. The van der Waals surface area contributed by atoms with Gasteiger partial charge < -0.3 is 4.74 Å². The monoisotopic (exact) mass is 191 g/mol. The summed E-state index contributed by atoms with van der Waals surface area (Å²) in [5.41, 5.74) is 1.86. The number of carbonyl (C=O) groups excluding carboxylic acids is 1. The SMILES string of the molecule is COc1ncc(/C=C/C(C)=O)cc1C. The maximum Gasteiger partial charge on any atom is 0.215 e. The first kappa shape index (κ1) is 10.4. The molecule has 3 nitrogen and oxygen atoms in total. The number of methoxy groups -OCH3 is 1. The molecule has 0 unspecified atom stereocenters. The van der Waals surface area contributed by atoms with E-state index in [-0.39, 0.29) is 5.78 Å². The number of aryl methyl sites for hydroxylation is 1. The summed E-state index contributed by atoms with van der Waals surface area (Å²) in [5, 5.41) is 0. The van der Waals surface area contributed by atoms with Crippen LogP contribution in [0.4, 0.5) is 0 Å². The quantitative estimate of drug-likeness (QED) is 0.686. The summed E-state index contributed by atoms with van der Waals surface area (Å²) < 4.78 is 5.02. The van der Waals surface area contributed by atoms with Gasteiger partial charge in [0.1, 0.15) is 0 Å². The number of aromatic nitrogens is 1. The van der Waals surface area contributed by atoms with Gasteiger partial charge in [0, 0.05) is 11.8 Å². The predicted octanol–water partition coefficient (Wildman–Crippen LogP) is 2.00. The van der Waals surface area contributed by atoms with E-state index < -0.39 is 0 Å². The van der Waals surface area contributed by atoms with Crippen LogP contribution in [0, 0.1) is 6.92 Å². The molecule has 0 aliphatic carbocycles. The average Bonchev–Trinajstić information content (AvgIpc) is 2.15. The topological polar surface area (TPSA) is 39.2 Å². The minimum absolute atomic E-state index is 0.0264. The Kier molecular flexibility index (Phi) is 3.40. The van der Waals surface area contributed by atoms with Gasteiger partial charge in [0.25, 0.3) is 0 Å². The van der Waals surface area contributed by atoms with Crippen LogP contribution >= 0.6 is 0 Å². The first-order chi connectivity index (χ1) is 6.63. The smallest absolute Gasteiger partial charge is 0.215 e. The van der Waals surface area contributed by atoms with Gasteiger partial charge in [-0.1, -0.05) is 0 Å². The normalized spacial score (nSPS) is 10.5. The number of nitrogens with zero attached hydrogens (tertiary/aromatic N) is 1. The van der Waals surface area contributed by atoms with Crippen molar-refractivity contribution in [3.8, 4) is 5.88 Å². The van der Waals surface area contributed by atoms with E-state index >= 15 is 0 Å². The second kappa shape index (κ2) is 4.56. The Morgan fingerprint density at radius 3 is 2.79 bits per heavy atom. The third-order valence-corrected chi connectivity index (χ3v) is 1.76. The van der Waals surface area contributed by atoms with Crippen molar-refractivity contribution >= 4 is 11.9 Å². The molecule has 0 aliphatic heterocycles. The van der Waals surface area contributed by atoms with Gasteiger partial charge >= 0.3 is 0 Å². The van der Waals surface area contributed by atoms with E-state index in [4.69, 9.17) is 4.74 Å². The van der Waals surface area contributed by atoms with Crippen molar-refractivity contribution in [1.29, 1.82) is 0 Å². The number of allylic oxidation sites excluding steroid dienone is 1. The van der Waals surface area contributed by atoms with Gasteiger partial charge in [0.2, 0.25) is 5.88 Å². The maximum atomic E-state index is 10.7. The number of ketones is 1. The summed E-state index contributed by atoms with van der Waals surface area (Å²) in [5.74, 6) is 0.642. The molecule has 0 bridgehead atoms. The summed E-state index contributed by atoms with van der Waals surface area (Å²) in [6, 6.07) is 1.92. The van der Waals surface area contributed by atoms with Crippen molar-refractivity contribution < 1.29 is 9.53 Å². The average molecular weight is 191 g/mol. The van der Waals surface area contributed by atoms with Crippen LogP contribution < -0.4 is 4.74 Å². The summed E-state index contributed by atoms with van der Waals surface area (Å²) in [6.07, 6.45) is 4.93. The zero-order valence-electron chi connectivity index (χ0n) is 8.57. The van der Waals surface area contributed by atoms with Crippen molar-refractivity contribution in [2.45, 2.75) is 13.8 Å². The molecule has 1 aromatic heterocycles. The molecule has 0 radical (unpaired) electrons. The summed E-state index contributed by atoms with van der Waals surface area (Å²) >= 11 is 0. The highest BCUT2D eigenvalue weighted by Gasteiger charge is 1.98. The molecule has 0 saturated heterocycles. The van der Waals surface area contributed by atoms with Crippen LogP contribution in [0.15, 0.2) is 18.3 Å². The van der Waals surface area contributed by atoms with E-state index in [0.717, 1.165) is 11.1 Å². The minimum atomic E-state index is 0.0264. The van der Waals surface area contributed by atoms with Crippen LogP contribution in [0.5, 0.6) is 5.88 Å². The van der Waals surface area contributed by atoms with Crippen molar-refractivity contribution in [2.75, 3.05) is 7.11 Å². The van der Waals surface area contributed by atoms with Gasteiger partial charge in [-0.05, 0) is 37.6 Å². The lowest BCUT2D eigenvalue weighted by Gasteiger charge is -2.02. The number of carbonyl (C=O) groups is 1. The van der Waals surface area contributed by atoms with Crippen LogP contribution in [0.1, 0.15) is 18.1 Å². The van der Waals surface area contributed by atoms with Gasteiger partial charge in [-0.15, -0.1) is 0 Å². The number of rotatable bonds is 3. The largest absolute Gasteiger partial charge is 0.481 e. The molecule has 1 heterocycles. The minimum Gasteiger partial charge on any atom is -0.481 e. The lowest BCUT2D eigenvalue weighted by molar-refractivity contribution is -0.112. The van der Waals surface area contributed by atoms with Crippen LogP contribution in [0.3, 0.4) is 0 Å². The highest BCUT2D eigenvalue weighted by molar-refractivity contribution is 5.91. The van der Waals surface area contributed by atoms with E-state index in [0.29, 0.717) is 5.88 Å². The Bertz CT molecular complexity index is 370. The molecule has 0 saturated carbocycles. The fourth-order valence-corrected chi connectivity index (χ4v) is 1.10. The summed E-state index contributed by atoms with van der Waals surface area (Å²) in [4.78, 5) is 14.8. The summed E-state index contributed by atoms with van der Waals surface area (Å²) in [7, 11) is 1.58. The highest BCUT2D eigenvalue weighted by atomic mass is 16.5. The zero-order chi connectivity index (χ0) is 10.6. The van der Waals surface area contributed by atoms with Crippen molar-refractivity contribution in [3.05, 3.63) is 29.5 Å². The molecule has 0 spiro atoms. The molecule has 0 fully saturated rings. The van der Waals surface area contributed by atoms with E-state index in [1.54, 1.807) is 19.4 Å². The van der Waals surface area contributed by atoms with Gasteiger partial charge in [-0.2, -0.15) is 0 Å². The third kappa shape index (κ3) is 2.69. The van der Waals surface area contributed by atoms with Gasteiger partial charge in [0.05, 0.1) is 7.11 Å². The van der Waals surface area contributed by atoms with Crippen LogP contribution in [0.2, 0.25) is 0 Å². The molecule has 74 valence electrons. The van der Waals surface area contributed by atoms with E-state index in [1.807, 2.05) is 13.0 Å². The lowest BCUT2D eigenvalue weighted by atomic mass is 10.2. The second-order valence-electron chi connectivity index (χ2n) is 3.04. The molecule has 3 heteroatoms. The van der Waals surface area contributed by atoms with E-state index in [2.05, 4.69) is 4.98 Å². The second-order valence-corrected chi connectivity index (χ2v) is 3.04. The molecule has 0 aliphatic rings. The van der Waals surface area contributed by atoms with Gasteiger partial charge in [0.15, 0.2) is 5.78 Å². The third-order valence-electron chi connectivity index (χ3n) is 1.76. The Labute approximate surface area is 83.4 Å². The van der Waals surface area contributed by atoms with Crippen molar-refractivity contribution in [2.24, 2.45) is 0 Å².